The molecular formula is C12H27ClN4O2S. The summed E-state index contributed by atoms with van der Waals surface area (Å²) in [5, 5.41) is 3.36. The van der Waals surface area contributed by atoms with E-state index in [0.717, 1.165) is 26.2 Å². The molecule has 0 aromatic rings. The van der Waals surface area contributed by atoms with E-state index in [1.54, 1.807) is 11.4 Å². The van der Waals surface area contributed by atoms with Crippen molar-refractivity contribution in [3.05, 3.63) is 0 Å². The zero-order valence-corrected chi connectivity index (χ0v) is 14.2. The van der Waals surface area contributed by atoms with Gasteiger partial charge < -0.3 is 5.32 Å². The molecule has 2 aliphatic heterocycles. The molecule has 1 atom stereocenters. The molecule has 8 heteroatoms. The van der Waals surface area contributed by atoms with Crippen molar-refractivity contribution in [3.63, 3.8) is 0 Å². The molecule has 1 N–H and O–H groups in total. The Labute approximate surface area is 129 Å². The summed E-state index contributed by atoms with van der Waals surface area (Å²) >= 11 is 0. The Bertz CT molecular complexity index is 390. The fourth-order valence-corrected chi connectivity index (χ4v) is 4.22. The zero-order valence-electron chi connectivity index (χ0n) is 12.6. The lowest BCUT2D eigenvalue weighted by Gasteiger charge is -2.39. The van der Waals surface area contributed by atoms with Crippen LogP contribution in [0, 0.1) is 0 Å². The summed E-state index contributed by atoms with van der Waals surface area (Å²) in [7, 11) is -1.62. The normalized spacial score (nSPS) is 26.1. The van der Waals surface area contributed by atoms with Crippen molar-refractivity contribution in [1.82, 2.24) is 18.8 Å². The van der Waals surface area contributed by atoms with Gasteiger partial charge in [-0.25, -0.2) is 0 Å². The average Bonchev–Trinajstić information content (AvgIpc) is 2.91. The predicted octanol–water partition coefficient (Wildman–Crippen LogP) is -0.0273. The Morgan fingerprint density at radius 2 is 1.80 bits per heavy atom. The molecule has 0 bridgehead atoms. The lowest BCUT2D eigenvalue weighted by molar-refractivity contribution is 0.141. The van der Waals surface area contributed by atoms with Crippen molar-refractivity contribution in [2.45, 2.75) is 32.4 Å². The Morgan fingerprint density at radius 1 is 1.20 bits per heavy atom. The Hall–Kier alpha value is 0.0800. The van der Waals surface area contributed by atoms with Crippen LogP contribution < -0.4 is 5.32 Å². The average molecular weight is 327 g/mol. The Balaban J connectivity index is 0.00000200. The standard InChI is InChI=1S/C12H26N4O2S.ClH/c1-11(2)14(3)19(17,18)16-8-6-15(7-9-16)12-4-5-13-10-12;/h11-13H,4-10H2,1-3H3;1H. The summed E-state index contributed by atoms with van der Waals surface area (Å²) < 4.78 is 27.8. The van der Waals surface area contributed by atoms with Gasteiger partial charge in [0.1, 0.15) is 0 Å². The molecular weight excluding hydrogens is 300 g/mol. The van der Waals surface area contributed by atoms with Crippen LogP contribution >= 0.6 is 12.4 Å². The van der Waals surface area contributed by atoms with Gasteiger partial charge in [-0.2, -0.15) is 17.0 Å². The van der Waals surface area contributed by atoms with E-state index < -0.39 is 10.2 Å². The third-order valence-electron chi connectivity index (χ3n) is 4.24. The van der Waals surface area contributed by atoms with Gasteiger partial charge in [0.2, 0.25) is 0 Å². The Morgan fingerprint density at radius 3 is 2.25 bits per heavy atom. The second kappa shape index (κ2) is 7.38. The quantitative estimate of drug-likeness (QED) is 0.788. The monoisotopic (exact) mass is 326 g/mol. The van der Waals surface area contributed by atoms with E-state index in [2.05, 4.69) is 10.2 Å². The van der Waals surface area contributed by atoms with Crippen molar-refractivity contribution < 1.29 is 8.42 Å². The van der Waals surface area contributed by atoms with Gasteiger partial charge in [-0.1, -0.05) is 0 Å². The molecule has 0 aromatic heterocycles. The molecule has 0 amide bonds. The lowest BCUT2D eigenvalue weighted by atomic mass is 10.2. The second-order valence-corrected chi connectivity index (χ2v) is 7.69. The highest BCUT2D eigenvalue weighted by Crippen LogP contribution is 2.16. The smallest absolute Gasteiger partial charge is 0.282 e. The van der Waals surface area contributed by atoms with Gasteiger partial charge in [-0.05, 0) is 26.8 Å². The molecule has 2 heterocycles. The van der Waals surface area contributed by atoms with Crippen LogP contribution in [0.2, 0.25) is 0 Å². The molecule has 2 fully saturated rings. The van der Waals surface area contributed by atoms with Gasteiger partial charge in [0, 0.05) is 51.9 Å². The highest BCUT2D eigenvalue weighted by Gasteiger charge is 2.33. The minimum atomic E-state index is -3.28. The van der Waals surface area contributed by atoms with E-state index in [1.165, 1.54) is 10.7 Å². The maximum Gasteiger partial charge on any atom is 0.282 e. The van der Waals surface area contributed by atoms with E-state index in [0.29, 0.717) is 19.1 Å². The summed E-state index contributed by atoms with van der Waals surface area (Å²) in [4.78, 5) is 2.42. The van der Waals surface area contributed by atoms with Gasteiger partial charge in [0.15, 0.2) is 0 Å². The molecule has 2 rings (SSSR count). The first-order valence-electron chi connectivity index (χ1n) is 7.11. The molecule has 2 saturated heterocycles. The molecule has 6 nitrogen and oxygen atoms in total. The summed E-state index contributed by atoms with van der Waals surface area (Å²) in [6, 6.07) is 0.592. The van der Waals surface area contributed by atoms with Crippen molar-refractivity contribution in [2.75, 3.05) is 46.3 Å². The SMILES string of the molecule is CC(C)N(C)S(=O)(=O)N1CCN(C2CCNC2)CC1.Cl. The molecule has 0 saturated carbocycles. The van der Waals surface area contributed by atoms with E-state index in [4.69, 9.17) is 0 Å². The van der Waals surface area contributed by atoms with Crippen molar-refractivity contribution >= 4 is 22.6 Å². The van der Waals surface area contributed by atoms with E-state index >= 15 is 0 Å². The van der Waals surface area contributed by atoms with Crippen molar-refractivity contribution in [2.24, 2.45) is 0 Å². The molecule has 1 unspecified atom stereocenters. The number of nitrogens with one attached hydrogen (secondary N) is 1. The third-order valence-corrected chi connectivity index (χ3v) is 6.41. The van der Waals surface area contributed by atoms with Gasteiger partial charge in [0.05, 0.1) is 0 Å². The maximum atomic E-state index is 12.4. The van der Waals surface area contributed by atoms with Crippen LogP contribution in [0.3, 0.4) is 0 Å². The molecule has 0 aromatic carbocycles. The van der Waals surface area contributed by atoms with Crippen molar-refractivity contribution in [1.29, 1.82) is 0 Å². The number of rotatable bonds is 4. The summed E-state index contributed by atoms with van der Waals surface area (Å²) in [6.45, 7) is 8.83. The van der Waals surface area contributed by atoms with Crippen LogP contribution in [0.15, 0.2) is 0 Å². The third kappa shape index (κ3) is 3.84. The van der Waals surface area contributed by atoms with Gasteiger partial charge in [-0.15, -0.1) is 12.4 Å². The van der Waals surface area contributed by atoms with Crippen LogP contribution in [0.4, 0.5) is 0 Å². The first kappa shape index (κ1) is 18.1. The van der Waals surface area contributed by atoms with E-state index in [-0.39, 0.29) is 18.4 Å². The molecule has 20 heavy (non-hydrogen) atoms. The lowest BCUT2D eigenvalue weighted by Crippen LogP contribution is -2.55. The van der Waals surface area contributed by atoms with Crippen LogP contribution in [-0.2, 0) is 10.2 Å². The minimum absolute atomic E-state index is 0. The fraction of sp³-hybridized carbons (Fsp3) is 1.00. The number of piperazine rings is 1. The molecule has 120 valence electrons. The topological polar surface area (TPSA) is 55.9 Å². The largest absolute Gasteiger partial charge is 0.315 e. The van der Waals surface area contributed by atoms with Crippen molar-refractivity contribution in [3.8, 4) is 0 Å². The first-order chi connectivity index (χ1) is 8.93. The number of nitrogens with zero attached hydrogens (tertiary/aromatic N) is 3. The summed E-state index contributed by atoms with van der Waals surface area (Å²) in [6.07, 6.45) is 1.18. The minimum Gasteiger partial charge on any atom is -0.315 e. The highest BCUT2D eigenvalue weighted by atomic mass is 35.5. The second-order valence-electron chi connectivity index (χ2n) is 5.70. The summed E-state index contributed by atoms with van der Waals surface area (Å²) in [5.74, 6) is 0. The Kier molecular flexibility index (Phi) is 6.69. The zero-order chi connectivity index (χ0) is 14.0. The fourth-order valence-electron chi connectivity index (χ4n) is 2.70. The molecule has 0 radical (unpaired) electrons. The van der Waals surface area contributed by atoms with E-state index in [9.17, 15) is 8.42 Å². The van der Waals surface area contributed by atoms with Crippen LogP contribution in [0.25, 0.3) is 0 Å². The maximum absolute atomic E-state index is 12.4. The number of halogens is 1. The predicted molar refractivity (Wildman–Crippen MR) is 83.5 cm³/mol. The van der Waals surface area contributed by atoms with E-state index in [1.807, 2.05) is 13.8 Å². The molecule has 2 aliphatic rings. The number of hydrogen-bond donors (Lipinski definition) is 1. The summed E-state index contributed by atoms with van der Waals surface area (Å²) in [5.41, 5.74) is 0. The van der Waals surface area contributed by atoms with Crippen LogP contribution in [0.1, 0.15) is 20.3 Å². The molecule has 0 spiro atoms. The first-order valence-corrected chi connectivity index (χ1v) is 8.50. The van der Waals surface area contributed by atoms with Crippen LogP contribution in [0.5, 0.6) is 0 Å². The van der Waals surface area contributed by atoms with Gasteiger partial charge in [0.25, 0.3) is 10.2 Å². The van der Waals surface area contributed by atoms with Crippen LogP contribution in [-0.4, -0.2) is 80.3 Å². The molecule has 0 aliphatic carbocycles. The highest BCUT2D eigenvalue weighted by molar-refractivity contribution is 7.86. The number of hydrogen-bond acceptors (Lipinski definition) is 4. The van der Waals surface area contributed by atoms with Gasteiger partial charge >= 0.3 is 0 Å². The van der Waals surface area contributed by atoms with Gasteiger partial charge in [-0.3, -0.25) is 4.90 Å².